The van der Waals surface area contributed by atoms with E-state index >= 15 is 0 Å². The van der Waals surface area contributed by atoms with E-state index < -0.39 is 0 Å². The molecule has 1 amide bonds. The van der Waals surface area contributed by atoms with Crippen molar-refractivity contribution in [2.24, 2.45) is 5.92 Å². The van der Waals surface area contributed by atoms with Crippen LogP contribution >= 0.6 is 11.8 Å². The summed E-state index contributed by atoms with van der Waals surface area (Å²) in [6.45, 7) is 5.69. The van der Waals surface area contributed by atoms with Gasteiger partial charge in [-0.3, -0.25) is 9.36 Å². The fourth-order valence-electron chi connectivity index (χ4n) is 2.35. The van der Waals surface area contributed by atoms with Gasteiger partial charge in [0.05, 0.1) is 11.4 Å². The van der Waals surface area contributed by atoms with Crippen LogP contribution in [0.25, 0.3) is 5.69 Å². The van der Waals surface area contributed by atoms with E-state index in [0.717, 1.165) is 17.8 Å². The number of hydrogen-bond donors (Lipinski definition) is 1. The number of carbonyl (C=O) groups is 1. The molecule has 3 aromatic rings. The summed E-state index contributed by atoms with van der Waals surface area (Å²) in [4.78, 5) is 15.6. The van der Waals surface area contributed by atoms with Gasteiger partial charge in [-0.05, 0) is 24.1 Å². The molecule has 0 radical (unpaired) electrons. The molecule has 0 atom stereocenters. The van der Waals surface area contributed by atoms with E-state index in [9.17, 15) is 4.79 Å². The second kappa shape index (κ2) is 8.13. The number of nitrogens with one attached hydrogen (secondary N) is 1. The Balaban J connectivity index is 1.71. The van der Waals surface area contributed by atoms with Gasteiger partial charge in [0.25, 0.3) is 0 Å². The molecule has 0 fully saturated rings. The number of rotatable bonds is 7. The Hall–Kier alpha value is -2.68. The molecule has 2 aromatic heterocycles. The lowest BCUT2D eigenvalue weighted by Crippen LogP contribution is -2.06. The standard InChI is InChI=1S/C17H20N6O2S/c1-11(2)7-16-20-15(22-25-16)9-26-17-21-18-10-23(17)14-6-4-5-13(8-14)19-12(3)24/h4-6,8,10-11H,7,9H2,1-3H3,(H,19,24). The molecule has 0 spiro atoms. The summed E-state index contributed by atoms with van der Waals surface area (Å²) in [5, 5.41) is 15.6. The lowest BCUT2D eigenvalue weighted by molar-refractivity contribution is -0.114. The van der Waals surface area contributed by atoms with Crippen LogP contribution in [-0.2, 0) is 17.0 Å². The minimum Gasteiger partial charge on any atom is -0.339 e. The molecule has 1 aromatic carbocycles. The number of carbonyl (C=O) groups excluding carboxylic acids is 1. The van der Waals surface area contributed by atoms with Crippen LogP contribution in [0.4, 0.5) is 5.69 Å². The molecule has 3 rings (SSSR count). The van der Waals surface area contributed by atoms with Crippen LogP contribution in [0, 0.1) is 5.92 Å². The topological polar surface area (TPSA) is 98.7 Å². The van der Waals surface area contributed by atoms with Crippen molar-refractivity contribution in [3.05, 3.63) is 42.3 Å². The maximum absolute atomic E-state index is 11.2. The van der Waals surface area contributed by atoms with Gasteiger partial charge in [-0.15, -0.1) is 10.2 Å². The van der Waals surface area contributed by atoms with Gasteiger partial charge in [-0.1, -0.05) is 36.8 Å². The fraction of sp³-hybridized carbons (Fsp3) is 0.353. The Morgan fingerprint density at radius 3 is 3.00 bits per heavy atom. The molecule has 0 aliphatic heterocycles. The molecule has 136 valence electrons. The van der Waals surface area contributed by atoms with Crippen LogP contribution in [0.15, 0.2) is 40.3 Å². The second-order valence-corrected chi connectivity index (χ2v) is 7.15. The molecule has 0 aliphatic carbocycles. The van der Waals surface area contributed by atoms with E-state index in [2.05, 4.69) is 39.5 Å². The highest BCUT2D eigenvalue weighted by Gasteiger charge is 2.12. The third kappa shape index (κ3) is 4.69. The van der Waals surface area contributed by atoms with Crippen LogP contribution < -0.4 is 5.32 Å². The first-order valence-corrected chi connectivity index (χ1v) is 9.22. The highest BCUT2D eigenvalue weighted by Crippen LogP contribution is 2.24. The molecule has 0 saturated carbocycles. The first-order valence-electron chi connectivity index (χ1n) is 8.23. The summed E-state index contributed by atoms with van der Waals surface area (Å²) in [6.07, 6.45) is 2.40. The normalized spacial score (nSPS) is 11.1. The lowest BCUT2D eigenvalue weighted by Gasteiger charge is -2.08. The van der Waals surface area contributed by atoms with Crippen molar-refractivity contribution >= 4 is 23.4 Å². The quantitative estimate of drug-likeness (QED) is 0.636. The van der Waals surface area contributed by atoms with Crippen LogP contribution in [0.5, 0.6) is 0 Å². The maximum Gasteiger partial charge on any atom is 0.226 e. The summed E-state index contributed by atoms with van der Waals surface area (Å²) in [5.74, 6) is 2.17. The molecular weight excluding hydrogens is 352 g/mol. The summed E-state index contributed by atoms with van der Waals surface area (Å²) in [6, 6.07) is 7.49. The predicted octanol–water partition coefficient (Wildman–Crippen LogP) is 3.10. The van der Waals surface area contributed by atoms with Crippen LogP contribution in [0.2, 0.25) is 0 Å². The number of amides is 1. The smallest absolute Gasteiger partial charge is 0.226 e. The molecule has 0 unspecified atom stereocenters. The largest absolute Gasteiger partial charge is 0.339 e. The van der Waals surface area contributed by atoms with Crippen LogP contribution in [0.3, 0.4) is 0 Å². The lowest BCUT2D eigenvalue weighted by atomic mass is 10.1. The minimum atomic E-state index is -0.116. The third-order valence-electron chi connectivity index (χ3n) is 3.38. The van der Waals surface area contributed by atoms with Crippen molar-refractivity contribution in [1.29, 1.82) is 0 Å². The third-order valence-corrected chi connectivity index (χ3v) is 4.32. The van der Waals surface area contributed by atoms with E-state index in [1.165, 1.54) is 18.7 Å². The Labute approximate surface area is 155 Å². The van der Waals surface area contributed by atoms with Crippen molar-refractivity contribution in [2.45, 2.75) is 38.1 Å². The Bertz CT molecular complexity index is 889. The average Bonchev–Trinajstić information content (AvgIpc) is 3.21. The molecule has 9 heteroatoms. The molecule has 1 N–H and O–H groups in total. The number of nitrogens with zero attached hydrogens (tertiary/aromatic N) is 5. The van der Waals surface area contributed by atoms with Crippen molar-refractivity contribution in [1.82, 2.24) is 24.9 Å². The number of hydrogen-bond acceptors (Lipinski definition) is 7. The summed E-state index contributed by atoms with van der Waals surface area (Å²) >= 11 is 1.47. The summed E-state index contributed by atoms with van der Waals surface area (Å²) < 4.78 is 7.11. The van der Waals surface area contributed by atoms with E-state index in [1.54, 1.807) is 6.33 Å². The first kappa shape index (κ1) is 18.1. The first-order chi connectivity index (χ1) is 12.5. The fourth-order valence-corrected chi connectivity index (χ4v) is 3.12. The molecule has 0 aliphatic rings. The highest BCUT2D eigenvalue weighted by atomic mass is 32.2. The van der Waals surface area contributed by atoms with E-state index in [0.29, 0.717) is 28.5 Å². The summed E-state index contributed by atoms with van der Waals surface area (Å²) in [5.41, 5.74) is 1.58. The van der Waals surface area contributed by atoms with Crippen molar-refractivity contribution in [3.63, 3.8) is 0 Å². The van der Waals surface area contributed by atoms with E-state index in [4.69, 9.17) is 4.52 Å². The zero-order valence-corrected chi connectivity index (χ0v) is 15.7. The van der Waals surface area contributed by atoms with Crippen LogP contribution in [0.1, 0.15) is 32.5 Å². The van der Waals surface area contributed by atoms with Gasteiger partial charge in [-0.25, -0.2) is 0 Å². The maximum atomic E-state index is 11.2. The average molecular weight is 372 g/mol. The molecular formula is C17H20N6O2S. The van der Waals surface area contributed by atoms with Gasteiger partial charge in [0, 0.05) is 19.0 Å². The monoisotopic (exact) mass is 372 g/mol. The number of benzene rings is 1. The molecule has 26 heavy (non-hydrogen) atoms. The number of thioether (sulfide) groups is 1. The Kier molecular flexibility index (Phi) is 5.67. The Morgan fingerprint density at radius 2 is 2.23 bits per heavy atom. The minimum absolute atomic E-state index is 0.116. The van der Waals surface area contributed by atoms with Gasteiger partial charge in [0.15, 0.2) is 11.0 Å². The zero-order valence-electron chi connectivity index (χ0n) is 14.8. The molecule has 8 nitrogen and oxygen atoms in total. The van der Waals surface area contributed by atoms with Crippen molar-refractivity contribution in [3.8, 4) is 5.69 Å². The van der Waals surface area contributed by atoms with Gasteiger partial charge in [-0.2, -0.15) is 4.98 Å². The van der Waals surface area contributed by atoms with Crippen LogP contribution in [-0.4, -0.2) is 30.8 Å². The van der Waals surface area contributed by atoms with E-state index in [1.807, 2.05) is 28.8 Å². The summed E-state index contributed by atoms with van der Waals surface area (Å²) in [7, 11) is 0. The highest BCUT2D eigenvalue weighted by molar-refractivity contribution is 7.98. The predicted molar refractivity (Wildman–Crippen MR) is 98.1 cm³/mol. The Morgan fingerprint density at radius 1 is 1.38 bits per heavy atom. The SMILES string of the molecule is CC(=O)Nc1cccc(-n2cnnc2SCc2noc(CC(C)C)n2)c1. The van der Waals surface area contributed by atoms with Crippen molar-refractivity contribution < 1.29 is 9.32 Å². The van der Waals surface area contributed by atoms with Crippen molar-refractivity contribution in [2.75, 3.05) is 5.32 Å². The second-order valence-electron chi connectivity index (χ2n) is 6.21. The molecule has 0 saturated heterocycles. The zero-order chi connectivity index (χ0) is 18.5. The number of anilines is 1. The number of aromatic nitrogens is 5. The van der Waals surface area contributed by atoms with E-state index in [-0.39, 0.29) is 5.91 Å². The van der Waals surface area contributed by atoms with Gasteiger partial charge < -0.3 is 9.84 Å². The van der Waals surface area contributed by atoms with Gasteiger partial charge >= 0.3 is 0 Å². The molecule has 2 heterocycles. The van der Waals surface area contributed by atoms with Gasteiger partial charge in [0.2, 0.25) is 11.8 Å². The van der Waals surface area contributed by atoms with Gasteiger partial charge in [0.1, 0.15) is 6.33 Å². The molecule has 0 bridgehead atoms.